The van der Waals surface area contributed by atoms with Crippen molar-refractivity contribution in [2.75, 3.05) is 0 Å². The summed E-state index contributed by atoms with van der Waals surface area (Å²) in [5.41, 5.74) is 1.35. The van der Waals surface area contributed by atoms with Crippen LogP contribution in [-0.4, -0.2) is 23.3 Å². The fourth-order valence-corrected chi connectivity index (χ4v) is 2.82. The van der Waals surface area contributed by atoms with Gasteiger partial charge in [0, 0.05) is 10.2 Å². The Bertz CT molecular complexity index is 443. The third-order valence-electron chi connectivity index (χ3n) is 3.14. The molecule has 0 amide bonds. The molecule has 0 aromatic rings. The average molecular weight is 277 g/mol. The Morgan fingerprint density at radius 2 is 2.19 bits per heavy atom. The van der Waals surface area contributed by atoms with Gasteiger partial charge in [0.1, 0.15) is 0 Å². The molecule has 0 radical (unpaired) electrons. The van der Waals surface area contributed by atoms with Crippen molar-refractivity contribution < 1.29 is 0 Å². The number of fused-ring (bicyclic) bond motifs is 1. The first-order valence-electron chi connectivity index (χ1n) is 5.57. The molecule has 0 aromatic carbocycles. The Hall–Kier alpha value is -1.09. The van der Waals surface area contributed by atoms with Crippen LogP contribution in [-0.2, 0) is 0 Å². The molecule has 2 atom stereocenters. The molecule has 0 fully saturated rings. The summed E-state index contributed by atoms with van der Waals surface area (Å²) in [5, 5.41) is 0. The Morgan fingerprint density at radius 1 is 1.31 bits per heavy atom. The predicted molar refractivity (Wildman–Crippen MR) is 70.5 cm³/mol. The highest BCUT2D eigenvalue weighted by molar-refractivity contribution is 9.11. The first-order valence-corrected chi connectivity index (χ1v) is 6.37. The molecule has 16 heavy (non-hydrogen) atoms. The summed E-state index contributed by atoms with van der Waals surface area (Å²) >= 11 is 3.55. The maximum absolute atomic E-state index is 4.53. The molecule has 1 heterocycles. The van der Waals surface area contributed by atoms with Crippen LogP contribution in [0.2, 0.25) is 0 Å². The number of halogens is 1. The first kappa shape index (κ1) is 10.1. The zero-order chi connectivity index (χ0) is 11.0. The van der Waals surface area contributed by atoms with Gasteiger partial charge < -0.3 is 4.90 Å². The molecule has 0 spiro atoms. The predicted octanol–water partition coefficient (Wildman–Crippen LogP) is 3.15. The first-order chi connectivity index (χ1) is 7.84. The lowest BCUT2D eigenvalue weighted by molar-refractivity contribution is 0.435. The number of hydrogen-bond acceptors (Lipinski definition) is 2. The lowest BCUT2D eigenvalue weighted by Crippen LogP contribution is -2.34. The molecule has 2 nitrogen and oxygen atoms in total. The van der Waals surface area contributed by atoms with Gasteiger partial charge in [-0.2, -0.15) is 0 Å². The van der Waals surface area contributed by atoms with Crippen LogP contribution in [0.25, 0.3) is 0 Å². The van der Waals surface area contributed by atoms with E-state index in [4.69, 9.17) is 0 Å². The van der Waals surface area contributed by atoms with Crippen molar-refractivity contribution in [3.63, 3.8) is 0 Å². The van der Waals surface area contributed by atoms with Crippen LogP contribution in [0.5, 0.6) is 0 Å². The minimum atomic E-state index is 0.301. The van der Waals surface area contributed by atoms with Crippen LogP contribution >= 0.6 is 15.9 Å². The maximum atomic E-state index is 4.53. The smallest absolute Gasteiger partial charge is 0.0943 e. The number of allylic oxidation sites excluding steroid dienone is 6. The molecule has 0 N–H and O–H groups in total. The van der Waals surface area contributed by atoms with E-state index in [1.54, 1.807) is 0 Å². The molecule has 1 aliphatic heterocycles. The lowest BCUT2D eigenvalue weighted by Gasteiger charge is -2.29. The highest BCUT2D eigenvalue weighted by atomic mass is 79.9. The third-order valence-corrected chi connectivity index (χ3v) is 3.69. The summed E-state index contributed by atoms with van der Waals surface area (Å²) in [4.78, 5) is 6.82. The monoisotopic (exact) mass is 276 g/mol. The molecular formula is C13H13BrN2. The minimum absolute atomic E-state index is 0.301. The lowest BCUT2D eigenvalue weighted by atomic mass is 10.0. The molecular weight excluding hydrogens is 264 g/mol. The Balaban J connectivity index is 1.87. The molecule has 82 valence electrons. The standard InChI is InChI=1S/C13H13BrN2/c14-10-4-3-5-11(8-10)16-9-15-12-6-1-2-7-13(12)16/h1-2,4,6-9,12-13H,3,5H2. The Morgan fingerprint density at radius 3 is 3.06 bits per heavy atom. The highest BCUT2D eigenvalue weighted by Crippen LogP contribution is 2.29. The second-order valence-electron chi connectivity index (χ2n) is 4.19. The summed E-state index contributed by atoms with van der Waals surface area (Å²) in [6, 6.07) is 0.685. The van der Waals surface area contributed by atoms with Crippen molar-refractivity contribution >= 4 is 22.3 Å². The van der Waals surface area contributed by atoms with E-state index in [1.807, 2.05) is 6.34 Å². The van der Waals surface area contributed by atoms with Crippen molar-refractivity contribution in [2.24, 2.45) is 4.99 Å². The van der Waals surface area contributed by atoms with E-state index in [9.17, 15) is 0 Å². The number of hydrogen-bond donors (Lipinski definition) is 0. The van der Waals surface area contributed by atoms with E-state index in [1.165, 1.54) is 10.2 Å². The summed E-state index contributed by atoms with van der Waals surface area (Å²) in [5.74, 6) is 0. The second-order valence-corrected chi connectivity index (χ2v) is 5.10. The molecule has 0 bridgehead atoms. The Labute approximate surface area is 104 Å². The molecule has 2 aliphatic carbocycles. The van der Waals surface area contributed by atoms with Crippen molar-refractivity contribution in [1.82, 2.24) is 4.90 Å². The second kappa shape index (κ2) is 4.06. The van der Waals surface area contributed by atoms with Crippen LogP contribution in [0.15, 0.2) is 51.6 Å². The van der Waals surface area contributed by atoms with E-state index < -0.39 is 0 Å². The van der Waals surface area contributed by atoms with Crippen LogP contribution in [0, 0.1) is 0 Å². The largest absolute Gasteiger partial charge is 0.327 e. The van der Waals surface area contributed by atoms with Gasteiger partial charge in [0.2, 0.25) is 0 Å². The van der Waals surface area contributed by atoms with Crippen molar-refractivity contribution in [2.45, 2.75) is 24.9 Å². The molecule has 0 saturated heterocycles. The van der Waals surface area contributed by atoms with E-state index in [2.05, 4.69) is 62.3 Å². The van der Waals surface area contributed by atoms with Crippen molar-refractivity contribution in [3.05, 3.63) is 46.6 Å². The van der Waals surface area contributed by atoms with Gasteiger partial charge in [0.05, 0.1) is 18.4 Å². The molecule has 0 saturated carbocycles. The van der Waals surface area contributed by atoms with E-state index in [0.717, 1.165) is 12.8 Å². The summed E-state index contributed by atoms with van der Waals surface area (Å²) in [6.07, 6.45) is 17.2. The molecule has 3 aliphatic rings. The zero-order valence-corrected chi connectivity index (χ0v) is 10.5. The number of aliphatic imine (C=N–C) groups is 1. The average Bonchev–Trinajstić information content (AvgIpc) is 2.72. The molecule has 3 rings (SSSR count). The third kappa shape index (κ3) is 1.69. The summed E-state index contributed by atoms with van der Waals surface area (Å²) in [7, 11) is 0. The van der Waals surface area contributed by atoms with E-state index in [-0.39, 0.29) is 0 Å². The maximum Gasteiger partial charge on any atom is 0.0943 e. The summed E-state index contributed by atoms with van der Waals surface area (Å²) < 4.78 is 1.18. The highest BCUT2D eigenvalue weighted by Gasteiger charge is 2.30. The van der Waals surface area contributed by atoms with Gasteiger partial charge in [-0.15, -0.1) is 0 Å². The fraction of sp³-hybridized carbons (Fsp3) is 0.308. The van der Waals surface area contributed by atoms with Gasteiger partial charge in [0.15, 0.2) is 0 Å². The van der Waals surface area contributed by atoms with Gasteiger partial charge in [0.25, 0.3) is 0 Å². The van der Waals surface area contributed by atoms with Crippen LogP contribution in [0.1, 0.15) is 12.8 Å². The summed E-state index contributed by atoms with van der Waals surface area (Å²) in [6.45, 7) is 0. The number of rotatable bonds is 1. The van der Waals surface area contributed by atoms with Crippen molar-refractivity contribution in [3.8, 4) is 0 Å². The van der Waals surface area contributed by atoms with Gasteiger partial charge in [-0.3, -0.25) is 4.99 Å². The zero-order valence-electron chi connectivity index (χ0n) is 8.88. The van der Waals surface area contributed by atoms with E-state index in [0.29, 0.717) is 12.1 Å². The normalized spacial score (nSPS) is 31.4. The molecule has 2 unspecified atom stereocenters. The number of nitrogens with zero attached hydrogens (tertiary/aromatic N) is 2. The molecule has 3 heteroatoms. The van der Waals surface area contributed by atoms with Gasteiger partial charge in [-0.1, -0.05) is 46.3 Å². The van der Waals surface area contributed by atoms with Crippen molar-refractivity contribution in [1.29, 1.82) is 0 Å². The topological polar surface area (TPSA) is 15.6 Å². The molecule has 0 aromatic heterocycles. The minimum Gasteiger partial charge on any atom is -0.327 e. The van der Waals surface area contributed by atoms with Gasteiger partial charge in [-0.25, -0.2) is 0 Å². The van der Waals surface area contributed by atoms with Crippen LogP contribution in [0.3, 0.4) is 0 Å². The van der Waals surface area contributed by atoms with Crippen LogP contribution in [0.4, 0.5) is 0 Å². The van der Waals surface area contributed by atoms with E-state index >= 15 is 0 Å². The SMILES string of the molecule is BrC1=CCCC(N2C=NC3C=CC=CC32)=C1. The Kier molecular flexibility index (Phi) is 2.56. The van der Waals surface area contributed by atoms with Gasteiger partial charge in [-0.05, 0) is 18.9 Å². The van der Waals surface area contributed by atoms with Crippen LogP contribution < -0.4 is 0 Å². The quantitative estimate of drug-likeness (QED) is 0.719. The fourth-order valence-electron chi connectivity index (χ4n) is 2.32. The van der Waals surface area contributed by atoms with Gasteiger partial charge >= 0.3 is 0 Å².